The van der Waals surface area contributed by atoms with Gasteiger partial charge in [0.25, 0.3) is 0 Å². The number of rotatable bonds is 2. The van der Waals surface area contributed by atoms with Gasteiger partial charge in [-0.15, -0.1) is 0 Å². The Kier molecular flexibility index (Phi) is 3.07. The second-order valence-electron chi connectivity index (χ2n) is 4.62. The van der Waals surface area contributed by atoms with Crippen molar-refractivity contribution in [2.45, 2.75) is 25.1 Å². The van der Waals surface area contributed by atoms with E-state index in [9.17, 15) is 13.2 Å². The number of anilines is 1. The summed E-state index contributed by atoms with van der Waals surface area (Å²) in [6, 6.07) is 0.898. The first-order chi connectivity index (χ1) is 9.55. The lowest BCUT2D eigenvalue weighted by atomic mass is 10.1. The molecule has 3 rings (SSSR count). The van der Waals surface area contributed by atoms with Gasteiger partial charge in [0.1, 0.15) is 5.82 Å². The van der Waals surface area contributed by atoms with Crippen molar-refractivity contribution >= 4 is 5.82 Å². The first-order valence-corrected chi connectivity index (χ1v) is 6.21. The quantitative estimate of drug-likeness (QED) is 0.920. The number of alkyl halides is 3. The largest absolute Gasteiger partial charge is 0.435 e. The van der Waals surface area contributed by atoms with Gasteiger partial charge in [0, 0.05) is 18.9 Å². The van der Waals surface area contributed by atoms with E-state index in [1.54, 1.807) is 18.6 Å². The molecule has 1 atom stereocenters. The molecule has 20 heavy (non-hydrogen) atoms. The van der Waals surface area contributed by atoms with Crippen LogP contribution in [0.3, 0.4) is 0 Å². The molecule has 0 bridgehead atoms. The van der Waals surface area contributed by atoms with Crippen LogP contribution in [0.4, 0.5) is 19.0 Å². The van der Waals surface area contributed by atoms with Crippen molar-refractivity contribution in [3.63, 3.8) is 0 Å². The van der Waals surface area contributed by atoms with Crippen LogP contribution in [0.5, 0.6) is 0 Å². The highest BCUT2D eigenvalue weighted by molar-refractivity contribution is 5.40. The van der Waals surface area contributed by atoms with Crippen LogP contribution < -0.4 is 4.90 Å². The molecule has 3 heterocycles. The monoisotopic (exact) mass is 283 g/mol. The number of nitrogens with one attached hydrogen (secondary N) is 1. The lowest BCUT2D eigenvalue weighted by Crippen LogP contribution is -2.23. The second-order valence-corrected chi connectivity index (χ2v) is 4.62. The van der Waals surface area contributed by atoms with Gasteiger partial charge in [-0.25, -0.2) is 4.98 Å². The molecular formula is C12H12F3N5. The molecule has 1 fully saturated rings. The third kappa shape index (κ3) is 2.33. The molecule has 1 saturated heterocycles. The highest BCUT2D eigenvalue weighted by atomic mass is 19.4. The topological polar surface area (TPSA) is 57.7 Å². The van der Waals surface area contributed by atoms with Crippen molar-refractivity contribution in [1.29, 1.82) is 0 Å². The maximum Gasteiger partial charge on any atom is 0.435 e. The third-order valence-corrected chi connectivity index (χ3v) is 3.34. The lowest BCUT2D eigenvalue weighted by molar-refractivity contribution is -0.141. The summed E-state index contributed by atoms with van der Waals surface area (Å²) >= 11 is 0. The normalized spacial score (nSPS) is 19.6. The van der Waals surface area contributed by atoms with E-state index in [1.807, 2.05) is 4.90 Å². The average Bonchev–Trinajstić information content (AvgIpc) is 3.07. The summed E-state index contributed by atoms with van der Waals surface area (Å²) in [5.41, 5.74) is -0.432. The smallest absolute Gasteiger partial charge is 0.347 e. The fraction of sp³-hybridized carbons (Fsp3) is 0.417. The Balaban J connectivity index is 1.88. The fourth-order valence-electron chi connectivity index (χ4n) is 2.46. The van der Waals surface area contributed by atoms with Crippen molar-refractivity contribution < 1.29 is 13.2 Å². The van der Waals surface area contributed by atoms with Gasteiger partial charge in [0.2, 0.25) is 0 Å². The Morgan fingerprint density at radius 3 is 2.80 bits per heavy atom. The fourth-order valence-corrected chi connectivity index (χ4v) is 2.46. The summed E-state index contributed by atoms with van der Waals surface area (Å²) in [5, 5.41) is 5.84. The van der Waals surface area contributed by atoms with Crippen molar-refractivity contribution in [2.75, 3.05) is 11.4 Å². The Labute approximate surface area is 112 Å². The van der Waals surface area contributed by atoms with Crippen LogP contribution in [0.15, 0.2) is 24.7 Å². The molecule has 2 aromatic rings. The summed E-state index contributed by atoms with van der Waals surface area (Å²) in [4.78, 5) is 10.1. The highest BCUT2D eigenvalue weighted by Gasteiger charge is 2.36. The first-order valence-electron chi connectivity index (χ1n) is 6.21. The lowest BCUT2D eigenvalue weighted by Gasteiger charge is -2.24. The molecule has 0 radical (unpaired) electrons. The van der Waals surface area contributed by atoms with Gasteiger partial charge in [0.05, 0.1) is 17.9 Å². The van der Waals surface area contributed by atoms with Gasteiger partial charge in [-0.1, -0.05) is 0 Å². The summed E-state index contributed by atoms with van der Waals surface area (Å²) in [6.07, 6.45) is 1.97. The van der Waals surface area contributed by atoms with Crippen molar-refractivity contribution in [3.05, 3.63) is 36.0 Å². The Morgan fingerprint density at radius 1 is 1.30 bits per heavy atom. The Morgan fingerprint density at radius 2 is 2.15 bits per heavy atom. The summed E-state index contributed by atoms with van der Waals surface area (Å²) in [6.45, 7) is 0.740. The van der Waals surface area contributed by atoms with Crippen LogP contribution >= 0.6 is 0 Å². The van der Waals surface area contributed by atoms with Gasteiger partial charge >= 0.3 is 6.18 Å². The molecule has 106 valence electrons. The number of aromatic amines is 1. The SMILES string of the molecule is FC(F)(F)c1cc(C2CCCN2c2cnccn2)[nH]n1. The van der Waals surface area contributed by atoms with Crippen LogP contribution in [0.25, 0.3) is 0 Å². The van der Waals surface area contributed by atoms with E-state index in [0.717, 1.165) is 25.5 Å². The zero-order valence-corrected chi connectivity index (χ0v) is 10.4. The summed E-state index contributed by atoms with van der Waals surface area (Å²) in [5.74, 6) is 0.665. The second kappa shape index (κ2) is 4.77. The summed E-state index contributed by atoms with van der Waals surface area (Å²) < 4.78 is 37.8. The molecule has 8 heteroatoms. The molecule has 1 aliphatic heterocycles. The minimum absolute atomic E-state index is 0.171. The number of halogens is 3. The molecule has 0 amide bonds. The maximum absolute atomic E-state index is 12.6. The minimum atomic E-state index is -4.43. The van der Waals surface area contributed by atoms with Crippen LogP contribution in [-0.4, -0.2) is 26.7 Å². The zero-order chi connectivity index (χ0) is 14.2. The molecule has 1 aliphatic rings. The number of nitrogens with zero attached hydrogens (tertiary/aromatic N) is 4. The van der Waals surface area contributed by atoms with E-state index in [-0.39, 0.29) is 6.04 Å². The molecule has 5 nitrogen and oxygen atoms in total. The molecular weight excluding hydrogens is 271 g/mol. The van der Waals surface area contributed by atoms with Crippen LogP contribution in [0, 0.1) is 0 Å². The predicted molar refractivity (Wildman–Crippen MR) is 64.9 cm³/mol. The first kappa shape index (κ1) is 12.9. The van der Waals surface area contributed by atoms with E-state index < -0.39 is 11.9 Å². The molecule has 0 spiro atoms. The van der Waals surface area contributed by atoms with Crippen molar-refractivity contribution in [1.82, 2.24) is 20.2 Å². The van der Waals surface area contributed by atoms with Gasteiger partial charge in [-0.3, -0.25) is 10.1 Å². The van der Waals surface area contributed by atoms with Crippen LogP contribution in [0.2, 0.25) is 0 Å². The number of hydrogen-bond donors (Lipinski definition) is 1. The van der Waals surface area contributed by atoms with Crippen LogP contribution in [-0.2, 0) is 6.18 Å². The van der Waals surface area contributed by atoms with Gasteiger partial charge < -0.3 is 4.90 Å². The van der Waals surface area contributed by atoms with Crippen LogP contribution in [0.1, 0.15) is 30.3 Å². The maximum atomic E-state index is 12.6. The van der Waals surface area contributed by atoms with Crippen molar-refractivity contribution in [3.8, 4) is 0 Å². The van der Waals surface area contributed by atoms with E-state index in [2.05, 4.69) is 20.2 Å². The van der Waals surface area contributed by atoms with E-state index in [4.69, 9.17) is 0 Å². The van der Waals surface area contributed by atoms with Gasteiger partial charge in [-0.2, -0.15) is 18.3 Å². The molecule has 1 N–H and O–H groups in total. The molecule has 0 aliphatic carbocycles. The van der Waals surface area contributed by atoms with E-state index in [1.165, 1.54) is 0 Å². The minimum Gasteiger partial charge on any atom is -0.347 e. The third-order valence-electron chi connectivity index (χ3n) is 3.34. The zero-order valence-electron chi connectivity index (χ0n) is 10.4. The standard InChI is InChI=1S/C12H12F3N5/c13-12(14,15)10-6-8(18-19-10)9-2-1-5-20(9)11-7-16-3-4-17-11/h3-4,6-7,9H,1-2,5H2,(H,18,19). The Bertz CT molecular complexity index is 580. The summed E-state index contributed by atoms with van der Waals surface area (Å²) in [7, 11) is 0. The van der Waals surface area contributed by atoms with E-state index in [0.29, 0.717) is 11.5 Å². The highest BCUT2D eigenvalue weighted by Crippen LogP contribution is 2.36. The molecule has 0 saturated carbocycles. The molecule has 0 aromatic carbocycles. The number of aromatic nitrogens is 4. The van der Waals surface area contributed by atoms with Gasteiger partial charge in [0.15, 0.2) is 5.69 Å². The predicted octanol–water partition coefficient (Wildman–Crippen LogP) is 2.56. The average molecular weight is 283 g/mol. The van der Waals surface area contributed by atoms with Crippen molar-refractivity contribution in [2.24, 2.45) is 0 Å². The number of H-pyrrole nitrogens is 1. The molecule has 1 unspecified atom stereocenters. The Hall–Kier alpha value is -2.12. The van der Waals surface area contributed by atoms with Gasteiger partial charge in [-0.05, 0) is 18.9 Å². The van der Waals surface area contributed by atoms with E-state index >= 15 is 0 Å². The number of hydrogen-bond acceptors (Lipinski definition) is 4. The molecule has 2 aromatic heterocycles.